The van der Waals surface area contributed by atoms with E-state index in [-0.39, 0.29) is 5.56 Å². The van der Waals surface area contributed by atoms with Crippen molar-refractivity contribution in [3.05, 3.63) is 22.2 Å². The Morgan fingerprint density at radius 3 is 2.91 bits per heavy atom. The van der Waals surface area contributed by atoms with Gasteiger partial charge in [0.2, 0.25) is 5.88 Å². The maximum Gasteiger partial charge on any atom is 0.257 e. The Morgan fingerprint density at radius 2 is 2.45 bits per heavy atom. The lowest BCUT2D eigenvalue weighted by molar-refractivity contribution is 0.390. The molecule has 0 bridgehead atoms. The number of aromatic nitrogens is 2. The molecule has 0 atom stereocenters. The SMILES string of the molecule is CCc1c(OC)nc[nH]c1=O. The molecule has 0 saturated heterocycles. The van der Waals surface area contributed by atoms with Gasteiger partial charge in [-0.15, -0.1) is 0 Å². The van der Waals surface area contributed by atoms with E-state index in [2.05, 4.69) is 9.97 Å². The molecule has 0 fully saturated rings. The highest BCUT2D eigenvalue weighted by Gasteiger charge is 2.04. The zero-order chi connectivity index (χ0) is 8.27. The zero-order valence-corrected chi connectivity index (χ0v) is 6.55. The molecule has 0 saturated carbocycles. The van der Waals surface area contributed by atoms with E-state index in [9.17, 15) is 4.79 Å². The first-order chi connectivity index (χ1) is 5.29. The van der Waals surface area contributed by atoms with Crippen molar-refractivity contribution in [2.24, 2.45) is 0 Å². The Balaban J connectivity index is 3.24. The Labute approximate surface area is 64.2 Å². The number of methoxy groups -OCH3 is 1. The fraction of sp³-hybridized carbons (Fsp3) is 0.429. The van der Waals surface area contributed by atoms with Crippen LogP contribution in [0.3, 0.4) is 0 Å². The minimum absolute atomic E-state index is 0.126. The number of ether oxygens (including phenoxy) is 1. The Hall–Kier alpha value is -1.32. The van der Waals surface area contributed by atoms with E-state index >= 15 is 0 Å². The molecule has 0 amide bonds. The average molecular weight is 154 g/mol. The van der Waals surface area contributed by atoms with Gasteiger partial charge in [-0.2, -0.15) is 0 Å². The number of H-pyrrole nitrogens is 1. The molecule has 1 heterocycles. The lowest BCUT2D eigenvalue weighted by atomic mass is 10.2. The normalized spacial score (nSPS) is 9.64. The molecule has 60 valence electrons. The molecule has 0 aliphatic rings. The van der Waals surface area contributed by atoms with E-state index in [1.54, 1.807) is 0 Å². The number of nitrogens with one attached hydrogen (secondary N) is 1. The summed E-state index contributed by atoms with van der Waals surface area (Å²) < 4.78 is 4.89. The first-order valence-electron chi connectivity index (χ1n) is 3.40. The lowest BCUT2D eigenvalue weighted by Crippen LogP contribution is -2.13. The van der Waals surface area contributed by atoms with Crippen LogP contribution >= 0.6 is 0 Å². The van der Waals surface area contributed by atoms with Crippen molar-refractivity contribution in [1.82, 2.24) is 9.97 Å². The van der Waals surface area contributed by atoms with Gasteiger partial charge >= 0.3 is 0 Å². The molecule has 11 heavy (non-hydrogen) atoms. The van der Waals surface area contributed by atoms with Crippen LogP contribution in [0.5, 0.6) is 5.88 Å². The van der Waals surface area contributed by atoms with Crippen LogP contribution < -0.4 is 10.3 Å². The number of hydrogen-bond acceptors (Lipinski definition) is 3. The van der Waals surface area contributed by atoms with Crippen LogP contribution in [0.25, 0.3) is 0 Å². The van der Waals surface area contributed by atoms with Gasteiger partial charge in [0.25, 0.3) is 5.56 Å². The van der Waals surface area contributed by atoms with Gasteiger partial charge in [-0.1, -0.05) is 6.92 Å². The molecule has 0 aromatic carbocycles. The van der Waals surface area contributed by atoms with Gasteiger partial charge in [0.15, 0.2) is 0 Å². The molecule has 0 unspecified atom stereocenters. The third-order valence-electron chi connectivity index (χ3n) is 1.46. The topological polar surface area (TPSA) is 55.0 Å². The first kappa shape index (κ1) is 7.78. The molecule has 0 aliphatic heterocycles. The molecule has 4 nitrogen and oxygen atoms in total. The minimum Gasteiger partial charge on any atom is -0.481 e. The van der Waals surface area contributed by atoms with Crippen molar-refractivity contribution in [3.8, 4) is 5.88 Å². The summed E-state index contributed by atoms with van der Waals surface area (Å²) in [6, 6.07) is 0. The maximum absolute atomic E-state index is 11.1. The van der Waals surface area contributed by atoms with Crippen LogP contribution in [-0.4, -0.2) is 17.1 Å². The molecule has 0 radical (unpaired) electrons. The standard InChI is InChI=1S/C7H10N2O2/c1-3-5-6(10)8-4-9-7(5)11-2/h4H,3H2,1-2H3,(H,8,9,10). The van der Waals surface area contributed by atoms with Crippen LogP contribution in [0.15, 0.2) is 11.1 Å². The van der Waals surface area contributed by atoms with Crippen molar-refractivity contribution in [1.29, 1.82) is 0 Å². The number of rotatable bonds is 2. The third kappa shape index (κ3) is 1.39. The summed E-state index contributed by atoms with van der Waals surface area (Å²) in [7, 11) is 1.50. The lowest BCUT2D eigenvalue weighted by Gasteiger charge is -2.01. The van der Waals surface area contributed by atoms with Gasteiger partial charge in [-0.05, 0) is 6.42 Å². The van der Waals surface area contributed by atoms with Crippen molar-refractivity contribution in [3.63, 3.8) is 0 Å². The molecule has 4 heteroatoms. The summed E-state index contributed by atoms with van der Waals surface area (Å²) in [5, 5.41) is 0. The third-order valence-corrected chi connectivity index (χ3v) is 1.46. The van der Waals surface area contributed by atoms with Gasteiger partial charge in [0, 0.05) is 0 Å². The summed E-state index contributed by atoms with van der Waals surface area (Å²) in [5.74, 6) is 0.413. The molecule has 1 N–H and O–H groups in total. The van der Waals surface area contributed by atoms with Crippen molar-refractivity contribution < 1.29 is 4.74 Å². The largest absolute Gasteiger partial charge is 0.481 e. The van der Waals surface area contributed by atoms with E-state index < -0.39 is 0 Å². The minimum atomic E-state index is -0.126. The van der Waals surface area contributed by atoms with Crippen LogP contribution in [0.1, 0.15) is 12.5 Å². The number of nitrogens with zero attached hydrogens (tertiary/aromatic N) is 1. The van der Waals surface area contributed by atoms with Gasteiger partial charge in [0.05, 0.1) is 19.0 Å². The van der Waals surface area contributed by atoms with E-state index in [0.717, 1.165) is 0 Å². The summed E-state index contributed by atoms with van der Waals surface area (Å²) in [6.45, 7) is 1.88. The molecule has 1 aromatic heterocycles. The number of hydrogen-bond donors (Lipinski definition) is 1. The van der Waals surface area contributed by atoms with Crippen LogP contribution in [-0.2, 0) is 6.42 Å². The summed E-state index contributed by atoms with van der Waals surface area (Å²) in [4.78, 5) is 17.4. The Morgan fingerprint density at radius 1 is 1.73 bits per heavy atom. The quantitative estimate of drug-likeness (QED) is 0.668. The van der Waals surface area contributed by atoms with Gasteiger partial charge in [0.1, 0.15) is 0 Å². The van der Waals surface area contributed by atoms with Crippen LogP contribution in [0.4, 0.5) is 0 Å². The smallest absolute Gasteiger partial charge is 0.257 e. The van der Waals surface area contributed by atoms with Crippen LogP contribution in [0, 0.1) is 0 Å². The second-order valence-electron chi connectivity index (χ2n) is 2.07. The fourth-order valence-electron chi connectivity index (χ4n) is 0.899. The fourth-order valence-corrected chi connectivity index (χ4v) is 0.899. The highest BCUT2D eigenvalue weighted by Crippen LogP contribution is 2.07. The molecular formula is C7H10N2O2. The van der Waals surface area contributed by atoms with E-state index in [4.69, 9.17) is 4.74 Å². The predicted molar refractivity (Wildman–Crippen MR) is 40.8 cm³/mol. The predicted octanol–water partition coefficient (Wildman–Crippen LogP) is 0.341. The van der Waals surface area contributed by atoms with E-state index in [1.165, 1.54) is 13.4 Å². The summed E-state index contributed by atoms with van der Waals surface area (Å²) >= 11 is 0. The molecular weight excluding hydrogens is 144 g/mol. The highest BCUT2D eigenvalue weighted by atomic mass is 16.5. The average Bonchev–Trinajstić information content (AvgIpc) is 2.04. The second-order valence-corrected chi connectivity index (χ2v) is 2.07. The van der Waals surface area contributed by atoms with E-state index in [0.29, 0.717) is 17.9 Å². The van der Waals surface area contributed by atoms with Crippen molar-refractivity contribution in [2.75, 3.05) is 7.11 Å². The van der Waals surface area contributed by atoms with Crippen molar-refractivity contribution in [2.45, 2.75) is 13.3 Å². The molecule has 1 rings (SSSR count). The number of aromatic amines is 1. The van der Waals surface area contributed by atoms with E-state index in [1.807, 2.05) is 6.92 Å². The van der Waals surface area contributed by atoms with Gasteiger partial charge in [-0.25, -0.2) is 4.98 Å². The molecule has 1 aromatic rings. The monoisotopic (exact) mass is 154 g/mol. The first-order valence-corrected chi connectivity index (χ1v) is 3.40. The van der Waals surface area contributed by atoms with Crippen molar-refractivity contribution >= 4 is 0 Å². The summed E-state index contributed by atoms with van der Waals surface area (Å²) in [6.07, 6.45) is 1.96. The zero-order valence-electron chi connectivity index (χ0n) is 6.55. The van der Waals surface area contributed by atoms with Gasteiger partial charge < -0.3 is 9.72 Å². The van der Waals surface area contributed by atoms with Crippen LogP contribution in [0.2, 0.25) is 0 Å². The second kappa shape index (κ2) is 3.18. The highest BCUT2D eigenvalue weighted by molar-refractivity contribution is 5.21. The Bertz CT molecular complexity index is 293. The Kier molecular flexibility index (Phi) is 2.25. The molecule has 0 aliphatic carbocycles. The maximum atomic E-state index is 11.1. The molecule has 0 spiro atoms. The summed E-state index contributed by atoms with van der Waals surface area (Å²) in [5.41, 5.74) is 0.467. The van der Waals surface area contributed by atoms with Gasteiger partial charge in [-0.3, -0.25) is 4.79 Å².